The highest BCUT2D eigenvalue weighted by Gasteiger charge is 2.48. The summed E-state index contributed by atoms with van der Waals surface area (Å²) in [6, 6.07) is 1.66. The standard InChI is InChI=1S/C19H26F2N2O4S/c1-4-6-18(8-9-18)23-28(24,25)14-10-15(20)17(16(21)11-14)22-12-13-5-7-19(13,26-2)27-3/h4,10-11,13,22-23H,1,5-9,12H2,2-3H3. The Morgan fingerprint density at radius 1 is 1.21 bits per heavy atom. The van der Waals surface area contributed by atoms with E-state index in [1.165, 1.54) is 14.2 Å². The van der Waals surface area contributed by atoms with Crippen LogP contribution in [0.4, 0.5) is 14.5 Å². The Balaban J connectivity index is 1.73. The number of nitrogens with one attached hydrogen (secondary N) is 2. The van der Waals surface area contributed by atoms with Crippen molar-refractivity contribution in [2.24, 2.45) is 5.92 Å². The van der Waals surface area contributed by atoms with E-state index in [1.807, 2.05) is 0 Å². The zero-order chi connectivity index (χ0) is 20.6. The number of halogens is 2. The van der Waals surface area contributed by atoms with E-state index in [0.717, 1.165) is 18.6 Å². The number of rotatable bonds is 10. The van der Waals surface area contributed by atoms with Crippen LogP contribution in [0.1, 0.15) is 32.1 Å². The predicted octanol–water partition coefficient (Wildman–Crippen LogP) is 3.16. The minimum atomic E-state index is -4.04. The van der Waals surface area contributed by atoms with Crippen molar-refractivity contribution >= 4 is 15.7 Å². The average Bonchev–Trinajstić information content (AvgIpc) is 3.36. The summed E-state index contributed by atoms with van der Waals surface area (Å²) in [6.45, 7) is 3.85. The minimum absolute atomic E-state index is 0.0694. The maximum atomic E-state index is 14.5. The van der Waals surface area contributed by atoms with E-state index in [2.05, 4.69) is 16.6 Å². The van der Waals surface area contributed by atoms with Gasteiger partial charge in [0.1, 0.15) is 5.69 Å². The maximum Gasteiger partial charge on any atom is 0.241 e. The Morgan fingerprint density at radius 3 is 2.25 bits per heavy atom. The van der Waals surface area contributed by atoms with Gasteiger partial charge in [-0.05, 0) is 37.8 Å². The number of methoxy groups -OCH3 is 2. The van der Waals surface area contributed by atoms with E-state index in [4.69, 9.17) is 9.47 Å². The Labute approximate surface area is 164 Å². The summed E-state index contributed by atoms with van der Waals surface area (Å²) >= 11 is 0. The van der Waals surface area contributed by atoms with Gasteiger partial charge in [-0.2, -0.15) is 0 Å². The molecule has 0 bridgehead atoms. The zero-order valence-corrected chi connectivity index (χ0v) is 16.9. The number of hydrogen-bond donors (Lipinski definition) is 2. The largest absolute Gasteiger partial charge is 0.380 e. The molecule has 0 aromatic heterocycles. The molecule has 0 aliphatic heterocycles. The molecule has 2 aliphatic carbocycles. The summed E-state index contributed by atoms with van der Waals surface area (Å²) < 4.78 is 67.3. The third-order valence-electron chi connectivity index (χ3n) is 5.74. The van der Waals surface area contributed by atoms with Crippen LogP contribution in [0.2, 0.25) is 0 Å². The molecule has 0 amide bonds. The normalized spacial score (nSPS) is 22.4. The second-order valence-electron chi connectivity index (χ2n) is 7.48. The molecular weight excluding hydrogens is 390 g/mol. The number of ether oxygens (including phenoxy) is 2. The quantitative estimate of drug-likeness (QED) is 0.453. The summed E-state index contributed by atoms with van der Waals surface area (Å²) in [7, 11) is -0.976. The van der Waals surface area contributed by atoms with Crippen molar-refractivity contribution in [2.45, 2.75) is 48.3 Å². The minimum Gasteiger partial charge on any atom is -0.380 e. The maximum absolute atomic E-state index is 14.5. The SMILES string of the molecule is C=CCC1(NS(=O)(=O)c2cc(F)c(NCC3CCC3(OC)OC)c(F)c2)CC1. The second-order valence-corrected chi connectivity index (χ2v) is 9.16. The molecule has 3 rings (SSSR count). The monoisotopic (exact) mass is 416 g/mol. The Bertz CT molecular complexity index is 823. The highest BCUT2D eigenvalue weighted by atomic mass is 32.2. The molecule has 1 unspecified atom stereocenters. The van der Waals surface area contributed by atoms with Crippen molar-refractivity contribution in [1.82, 2.24) is 4.72 Å². The molecule has 6 nitrogen and oxygen atoms in total. The number of anilines is 1. The average molecular weight is 416 g/mol. The van der Waals surface area contributed by atoms with Crippen molar-refractivity contribution in [3.8, 4) is 0 Å². The van der Waals surface area contributed by atoms with Gasteiger partial charge >= 0.3 is 0 Å². The van der Waals surface area contributed by atoms with Crippen molar-refractivity contribution in [1.29, 1.82) is 0 Å². The van der Waals surface area contributed by atoms with E-state index in [9.17, 15) is 17.2 Å². The third kappa shape index (κ3) is 3.94. The van der Waals surface area contributed by atoms with Crippen LogP contribution in [0.5, 0.6) is 0 Å². The fourth-order valence-corrected chi connectivity index (χ4v) is 5.17. The van der Waals surface area contributed by atoms with Gasteiger partial charge in [0.2, 0.25) is 10.0 Å². The molecule has 0 spiro atoms. The third-order valence-corrected chi connectivity index (χ3v) is 7.30. The van der Waals surface area contributed by atoms with Crippen LogP contribution in [0, 0.1) is 17.6 Å². The van der Waals surface area contributed by atoms with Crippen molar-refractivity contribution in [2.75, 3.05) is 26.1 Å². The lowest BCUT2D eigenvalue weighted by Gasteiger charge is -2.47. The lowest BCUT2D eigenvalue weighted by atomic mass is 9.77. The topological polar surface area (TPSA) is 76.7 Å². The van der Waals surface area contributed by atoms with Gasteiger partial charge in [0.25, 0.3) is 0 Å². The van der Waals surface area contributed by atoms with Crippen LogP contribution in [0.3, 0.4) is 0 Å². The smallest absolute Gasteiger partial charge is 0.241 e. The highest BCUT2D eigenvalue weighted by Crippen LogP contribution is 2.42. The summed E-state index contributed by atoms with van der Waals surface area (Å²) in [5, 5.41) is 2.73. The van der Waals surface area contributed by atoms with E-state index < -0.39 is 37.9 Å². The van der Waals surface area contributed by atoms with Crippen LogP contribution in [-0.4, -0.2) is 40.5 Å². The zero-order valence-electron chi connectivity index (χ0n) is 16.1. The Kier molecular flexibility index (Phi) is 5.82. The Morgan fingerprint density at radius 2 is 1.82 bits per heavy atom. The fourth-order valence-electron chi connectivity index (χ4n) is 3.68. The van der Waals surface area contributed by atoms with Crippen molar-refractivity contribution in [3.05, 3.63) is 36.4 Å². The predicted molar refractivity (Wildman–Crippen MR) is 101 cm³/mol. The van der Waals surface area contributed by atoms with Gasteiger partial charge in [-0.15, -0.1) is 6.58 Å². The van der Waals surface area contributed by atoms with Crippen LogP contribution in [0.25, 0.3) is 0 Å². The molecule has 0 radical (unpaired) electrons. The second kappa shape index (κ2) is 7.70. The molecule has 1 aromatic carbocycles. The molecule has 9 heteroatoms. The van der Waals surface area contributed by atoms with Gasteiger partial charge in [-0.1, -0.05) is 6.08 Å². The Hall–Kier alpha value is -1.55. The molecule has 2 fully saturated rings. The molecule has 0 heterocycles. The van der Waals surface area contributed by atoms with Crippen LogP contribution in [0.15, 0.2) is 29.7 Å². The van der Waals surface area contributed by atoms with Crippen molar-refractivity contribution < 1.29 is 26.7 Å². The van der Waals surface area contributed by atoms with E-state index >= 15 is 0 Å². The lowest BCUT2D eigenvalue weighted by Crippen LogP contribution is -2.53. The first kappa shape index (κ1) is 21.2. The molecule has 28 heavy (non-hydrogen) atoms. The molecular formula is C19H26F2N2O4S. The van der Waals surface area contributed by atoms with Gasteiger partial charge in [0, 0.05) is 38.6 Å². The van der Waals surface area contributed by atoms with E-state index in [1.54, 1.807) is 6.08 Å². The molecule has 156 valence electrons. The van der Waals surface area contributed by atoms with Crippen LogP contribution >= 0.6 is 0 Å². The van der Waals surface area contributed by atoms with Crippen LogP contribution < -0.4 is 10.0 Å². The first-order valence-corrected chi connectivity index (χ1v) is 10.7. The first-order valence-electron chi connectivity index (χ1n) is 9.19. The van der Waals surface area contributed by atoms with Gasteiger partial charge in [0.05, 0.1) is 4.90 Å². The van der Waals surface area contributed by atoms with Gasteiger partial charge in [0.15, 0.2) is 17.4 Å². The van der Waals surface area contributed by atoms with E-state index in [0.29, 0.717) is 25.7 Å². The molecule has 2 aliphatic rings. The van der Waals surface area contributed by atoms with Gasteiger partial charge in [-0.25, -0.2) is 21.9 Å². The van der Waals surface area contributed by atoms with E-state index in [-0.39, 0.29) is 18.2 Å². The number of hydrogen-bond acceptors (Lipinski definition) is 5. The number of benzene rings is 1. The van der Waals surface area contributed by atoms with Crippen molar-refractivity contribution in [3.63, 3.8) is 0 Å². The highest BCUT2D eigenvalue weighted by molar-refractivity contribution is 7.89. The summed E-state index contributed by atoms with van der Waals surface area (Å²) in [6.07, 6.45) is 4.94. The van der Waals surface area contributed by atoms with Gasteiger partial charge < -0.3 is 14.8 Å². The molecule has 2 N–H and O–H groups in total. The molecule has 1 atom stereocenters. The molecule has 1 aromatic rings. The summed E-state index contributed by atoms with van der Waals surface area (Å²) in [5.41, 5.74) is -0.947. The number of sulfonamides is 1. The molecule has 0 saturated heterocycles. The lowest BCUT2D eigenvalue weighted by molar-refractivity contribution is -0.283. The van der Waals surface area contributed by atoms with Gasteiger partial charge in [-0.3, -0.25) is 0 Å². The summed E-state index contributed by atoms with van der Waals surface area (Å²) in [5.74, 6) is -2.75. The van der Waals surface area contributed by atoms with Crippen LogP contribution in [-0.2, 0) is 19.5 Å². The first-order chi connectivity index (χ1) is 13.2. The molecule has 2 saturated carbocycles. The fraction of sp³-hybridized carbons (Fsp3) is 0.579. The summed E-state index contributed by atoms with van der Waals surface area (Å²) in [4.78, 5) is -0.435.